The van der Waals surface area contributed by atoms with E-state index in [9.17, 15) is 0 Å². The molecule has 4 nitrogen and oxygen atoms in total. The number of nitrogens with one attached hydrogen (secondary N) is 1. The molecule has 0 atom stereocenters. The summed E-state index contributed by atoms with van der Waals surface area (Å²) in [4.78, 5) is 7.96. The Morgan fingerprint density at radius 1 is 1.26 bits per heavy atom. The third-order valence-electron chi connectivity index (χ3n) is 3.18. The maximum atomic E-state index is 5.87. The van der Waals surface area contributed by atoms with E-state index in [0.717, 1.165) is 24.4 Å². The quantitative estimate of drug-likeness (QED) is 0.916. The molecule has 19 heavy (non-hydrogen) atoms. The maximum absolute atomic E-state index is 5.87. The van der Waals surface area contributed by atoms with Crippen molar-refractivity contribution in [1.29, 1.82) is 0 Å². The Hall–Kier alpha value is -2.10. The van der Waals surface area contributed by atoms with Gasteiger partial charge in [-0.05, 0) is 31.0 Å². The monoisotopic (exact) mass is 255 g/mol. The van der Waals surface area contributed by atoms with E-state index in [1.807, 2.05) is 0 Å². The summed E-state index contributed by atoms with van der Waals surface area (Å²) in [5, 5.41) is 3.31. The van der Waals surface area contributed by atoms with Gasteiger partial charge in [-0.1, -0.05) is 12.1 Å². The highest BCUT2D eigenvalue weighted by atomic mass is 16.5. The average molecular weight is 255 g/mol. The first-order valence-corrected chi connectivity index (χ1v) is 6.42. The molecule has 1 aliphatic rings. The second-order valence-corrected chi connectivity index (χ2v) is 5.46. The first kappa shape index (κ1) is 12.0. The third-order valence-corrected chi connectivity index (χ3v) is 3.18. The second-order valence-electron chi connectivity index (χ2n) is 5.46. The van der Waals surface area contributed by atoms with Crippen LogP contribution in [0.2, 0.25) is 0 Å². The number of rotatable bonds is 3. The number of aromatic nitrogens is 2. The topological polar surface area (TPSA) is 47.0 Å². The van der Waals surface area contributed by atoms with Gasteiger partial charge in [-0.25, -0.2) is 9.97 Å². The van der Waals surface area contributed by atoms with Gasteiger partial charge in [-0.3, -0.25) is 0 Å². The molecule has 4 heteroatoms. The number of fused-ring (bicyclic) bond motifs is 1. The van der Waals surface area contributed by atoms with E-state index in [1.54, 1.807) is 12.4 Å². The van der Waals surface area contributed by atoms with Gasteiger partial charge in [0.1, 0.15) is 17.7 Å². The molecule has 0 unspecified atom stereocenters. The summed E-state index contributed by atoms with van der Waals surface area (Å²) in [6.07, 6.45) is 6.03. The molecule has 0 fully saturated rings. The number of nitrogens with zero attached hydrogens (tertiary/aromatic N) is 2. The van der Waals surface area contributed by atoms with Crippen LogP contribution in [0.5, 0.6) is 5.75 Å². The Kier molecular flexibility index (Phi) is 2.85. The summed E-state index contributed by atoms with van der Waals surface area (Å²) >= 11 is 0. The zero-order valence-electron chi connectivity index (χ0n) is 11.2. The molecule has 2 aromatic rings. The number of anilines is 1. The van der Waals surface area contributed by atoms with Gasteiger partial charge in [-0.2, -0.15) is 0 Å². The first-order valence-electron chi connectivity index (χ1n) is 6.42. The predicted octanol–water partition coefficient (Wildman–Crippen LogP) is 2.80. The number of ether oxygens (including phenoxy) is 1. The molecule has 3 rings (SSSR count). The van der Waals surface area contributed by atoms with Crippen LogP contribution in [0, 0.1) is 0 Å². The fourth-order valence-corrected chi connectivity index (χ4v) is 2.37. The molecule has 2 heterocycles. The van der Waals surface area contributed by atoms with Crippen molar-refractivity contribution in [3.05, 3.63) is 48.0 Å². The summed E-state index contributed by atoms with van der Waals surface area (Å²) in [5.41, 5.74) is 3.37. The smallest absolute Gasteiger partial charge is 0.123 e. The highest BCUT2D eigenvalue weighted by molar-refractivity contribution is 5.44. The number of benzene rings is 1. The van der Waals surface area contributed by atoms with Gasteiger partial charge in [0.2, 0.25) is 0 Å². The Bertz CT molecular complexity index is 581. The van der Waals surface area contributed by atoms with E-state index in [2.05, 4.69) is 47.3 Å². The van der Waals surface area contributed by atoms with E-state index in [1.165, 1.54) is 17.5 Å². The van der Waals surface area contributed by atoms with Crippen LogP contribution in [0.3, 0.4) is 0 Å². The van der Waals surface area contributed by atoms with E-state index in [-0.39, 0.29) is 5.60 Å². The Morgan fingerprint density at radius 3 is 2.84 bits per heavy atom. The molecule has 0 amide bonds. The van der Waals surface area contributed by atoms with Gasteiger partial charge in [-0.15, -0.1) is 0 Å². The van der Waals surface area contributed by atoms with Gasteiger partial charge in [0.15, 0.2) is 0 Å². The van der Waals surface area contributed by atoms with Gasteiger partial charge < -0.3 is 10.1 Å². The predicted molar refractivity (Wildman–Crippen MR) is 74.2 cm³/mol. The molecular weight excluding hydrogens is 238 g/mol. The molecule has 0 saturated heterocycles. The van der Waals surface area contributed by atoms with Gasteiger partial charge in [0.05, 0.1) is 18.1 Å². The number of hydrogen-bond acceptors (Lipinski definition) is 4. The molecule has 1 aromatic heterocycles. The summed E-state index contributed by atoms with van der Waals surface area (Å²) in [6.45, 7) is 5.00. The van der Waals surface area contributed by atoms with Crippen LogP contribution in [-0.4, -0.2) is 15.6 Å². The summed E-state index contributed by atoms with van der Waals surface area (Å²) in [7, 11) is 0. The third kappa shape index (κ3) is 2.67. The van der Waals surface area contributed by atoms with Crippen LogP contribution < -0.4 is 10.1 Å². The van der Waals surface area contributed by atoms with E-state index in [4.69, 9.17) is 4.74 Å². The van der Waals surface area contributed by atoms with Crippen molar-refractivity contribution in [2.24, 2.45) is 0 Å². The minimum absolute atomic E-state index is 0.0817. The average Bonchev–Trinajstić information content (AvgIpc) is 2.70. The Balaban J connectivity index is 1.71. The van der Waals surface area contributed by atoms with Crippen LogP contribution >= 0.6 is 0 Å². The van der Waals surface area contributed by atoms with Gasteiger partial charge >= 0.3 is 0 Å². The largest absolute Gasteiger partial charge is 0.487 e. The van der Waals surface area contributed by atoms with E-state index < -0.39 is 0 Å². The Morgan fingerprint density at radius 2 is 2.05 bits per heavy atom. The SMILES string of the molecule is CC1(C)Cc2cc(CNc3cncnc3)ccc2O1. The van der Waals surface area contributed by atoms with Crippen molar-refractivity contribution in [3.8, 4) is 5.75 Å². The van der Waals surface area contributed by atoms with Crippen molar-refractivity contribution in [2.45, 2.75) is 32.4 Å². The lowest BCUT2D eigenvalue weighted by Gasteiger charge is -2.16. The van der Waals surface area contributed by atoms with Crippen molar-refractivity contribution in [1.82, 2.24) is 9.97 Å². The van der Waals surface area contributed by atoms with Crippen LogP contribution in [0.1, 0.15) is 25.0 Å². The normalized spacial score (nSPS) is 15.7. The van der Waals surface area contributed by atoms with Crippen molar-refractivity contribution in [2.75, 3.05) is 5.32 Å². The molecule has 0 radical (unpaired) electrons. The fourth-order valence-electron chi connectivity index (χ4n) is 2.37. The van der Waals surface area contributed by atoms with Crippen molar-refractivity contribution < 1.29 is 4.74 Å². The molecule has 1 aromatic carbocycles. The second kappa shape index (κ2) is 4.53. The van der Waals surface area contributed by atoms with E-state index >= 15 is 0 Å². The van der Waals surface area contributed by atoms with Crippen LogP contribution in [-0.2, 0) is 13.0 Å². The molecule has 0 saturated carbocycles. The summed E-state index contributed by atoms with van der Waals surface area (Å²) in [6, 6.07) is 6.36. The lowest BCUT2D eigenvalue weighted by Crippen LogP contribution is -2.24. The molecule has 1 N–H and O–H groups in total. The van der Waals surface area contributed by atoms with Crippen LogP contribution in [0.4, 0.5) is 5.69 Å². The van der Waals surface area contributed by atoms with Crippen molar-refractivity contribution in [3.63, 3.8) is 0 Å². The van der Waals surface area contributed by atoms with Crippen molar-refractivity contribution >= 4 is 5.69 Å². The van der Waals surface area contributed by atoms with E-state index in [0.29, 0.717) is 0 Å². The highest BCUT2D eigenvalue weighted by Gasteiger charge is 2.29. The minimum atomic E-state index is -0.0817. The maximum Gasteiger partial charge on any atom is 0.123 e. The number of hydrogen-bond donors (Lipinski definition) is 1. The zero-order chi connectivity index (χ0) is 13.3. The Labute approximate surface area is 112 Å². The molecule has 0 aliphatic carbocycles. The minimum Gasteiger partial charge on any atom is -0.487 e. The molecule has 1 aliphatic heterocycles. The van der Waals surface area contributed by atoms with Crippen LogP contribution in [0.15, 0.2) is 36.9 Å². The lowest BCUT2D eigenvalue weighted by atomic mass is 10.0. The molecule has 0 spiro atoms. The summed E-state index contributed by atoms with van der Waals surface area (Å²) < 4.78 is 5.87. The van der Waals surface area contributed by atoms with Gasteiger partial charge in [0, 0.05) is 13.0 Å². The first-order chi connectivity index (χ1) is 9.12. The standard InChI is InChI=1S/C15H17N3O/c1-15(2)6-12-5-11(3-4-14(12)19-15)7-18-13-8-16-10-17-9-13/h3-5,8-10,18H,6-7H2,1-2H3. The zero-order valence-corrected chi connectivity index (χ0v) is 11.2. The summed E-state index contributed by atoms with van der Waals surface area (Å²) in [5.74, 6) is 1.01. The highest BCUT2D eigenvalue weighted by Crippen LogP contribution is 2.35. The molecule has 98 valence electrons. The van der Waals surface area contributed by atoms with Gasteiger partial charge in [0.25, 0.3) is 0 Å². The molecule has 0 bridgehead atoms. The fraction of sp³-hybridized carbons (Fsp3) is 0.333. The molecular formula is C15H17N3O. The van der Waals surface area contributed by atoms with Crippen LogP contribution in [0.25, 0.3) is 0 Å². The lowest BCUT2D eigenvalue weighted by molar-refractivity contribution is 0.138.